The van der Waals surface area contributed by atoms with E-state index >= 15 is 0 Å². The highest BCUT2D eigenvalue weighted by Gasteiger charge is 2.06. The van der Waals surface area contributed by atoms with Gasteiger partial charge in [0.05, 0.1) is 12.0 Å². The molecule has 0 bridgehead atoms. The van der Waals surface area contributed by atoms with Crippen LogP contribution >= 0.6 is 12.2 Å². The average molecular weight is 216 g/mol. The fraction of sp³-hybridized carbons (Fsp3) is 0.0909. The number of allylic oxidation sites excluding steroid dienone is 1. The van der Waals surface area contributed by atoms with Crippen molar-refractivity contribution in [1.82, 2.24) is 0 Å². The lowest BCUT2D eigenvalue weighted by Crippen LogP contribution is -2.00. The molecule has 0 radical (unpaired) electrons. The summed E-state index contributed by atoms with van der Waals surface area (Å²) in [5, 5.41) is 15.6. The molecule has 0 aliphatic heterocycles. The standard InChI is InChI=1S/C11H8N2OS/c1-14-10-4-2-8(3-5-10)11(15)9(6-12)7-13/h2-5,12H,1H3. The van der Waals surface area contributed by atoms with E-state index < -0.39 is 0 Å². The predicted molar refractivity (Wildman–Crippen MR) is 61.5 cm³/mol. The molecule has 0 saturated carbocycles. The van der Waals surface area contributed by atoms with Crippen molar-refractivity contribution in [3.63, 3.8) is 0 Å². The van der Waals surface area contributed by atoms with Gasteiger partial charge >= 0.3 is 0 Å². The number of rotatable bonds is 3. The number of benzene rings is 1. The van der Waals surface area contributed by atoms with E-state index in [9.17, 15) is 0 Å². The zero-order valence-electron chi connectivity index (χ0n) is 8.07. The fourth-order valence-corrected chi connectivity index (χ4v) is 1.25. The normalized spacial score (nSPS) is 8.53. The highest BCUT2D eigenvalue weighted by atomic mass is 32.1. The van der Waals surface area contributed by atoms with Crippen LogP contribution in [0.5, 0.6) is 5.75 Å². The second-order valence-corrected chi connectivity index (χ2v) is 3.08. The zero-order valence-corrected chi connectivity index (χ0v) is 8.89. The summed E-state index contributed by atoms with van der Waals surface area (Å²) in [7, 11) is 1.57. The van der Waals surface area contributed by atoms with E-state index in [4.69, 9.17) is 27.6 Å². The van der Waals surface area contributed by atoms with Gasteiger partial charge in [-0.1, -0.05) is 12.2 Å². The Morgan fingerprint density at radius 3 is 2.40 bits per heavy atom. The van der Waals surface area contributed by atoms with Crippen molar-refractivity contribution < 1.29 is 4.74 Å². The summed E-state index contributed by atoms with van der Waals surface area (Å²) in [4.78, 5) is 0.329. The Morgan fingerprint density at radius 2 is 2.00 bits per heavy atom. The van der Waals surface area contributed by atoms with Gasteiger partial charge in [-0.2, -0.15) is 5.26 Å². The van der Waals surface area contributed by atoms with E-state index in [1.54, 1.807) is 31.4 Å². The van der Waals surface area contributed by atoms with Gasteiger partial charge in [-0.25, -0.2) is 0 Å². The topological polar surface area (TPSA) is 56.9 Å². The van der Waals surface area contributed by atoms with Gasteiger partial charge in [-0.3, -0.25) is 5.41 Å². The molecule has 15 heavy (non-hydrogen) atoms. The van der Waals surface area contributed by atoms with E-state index in [1.165, 1.54) is 0 Å². The molecule has 1 rings (SSSR count). The van der Waals surface area contributed by atoms with Crippen molar-refractivity contribution in [2.75, 3.05) is 7.11 Å². The van der Waals surface area contributed by atoms with Gasteiger partial charge in [0.1, 0.15) is 17.4 Å². The third-order valence-electron chi connectivity index (χ3n) is 1.82. The van der Waals surface area contributed by atoms with Crippen LogP contribution in [0.4, 0.5) is 0 Å². The van der Waals surface area contributed by atoms with E-state index in [-0.39, 0.29) is 5.57 Å². The third-order valence-corrected chi connectivity index (χ3v) is 2.26. The molecule has 1 N–H and O–H groups in total. The van der Waals surface area contributed by atoms with Gasteiger partial charge in [0, 0.05) is 0 Å². The van der Waals surface area contributed by atoms with Gasteiger partial charge in [0.25, 0.3) is 0 Å². The summed E-state index contributed by atoms with van der Waals surface area (Å²) in [5.41, 5.74) is 0.775. The molecule has 4 heteroatoms. The minimum atomic E-state index is 0.0650. The number of hydrogen-bond donors (Lipinski definition) is 1. The van der Waals surface area contributed by atoms with Crippen LogP contribution in [0.2, 0.25) is 0 Å². The summed E-state index contributed by atoms with van der Waals surface area (Å²) < 4.78 is 4.99. The number of nitriles is 1. The number of nitrogens with one attached hydrogen (secondary N) is 1. The van der Waals surface area contributed by atoms with E-state index in [0.717, 1.165) is 5.75 Å². The summed E-state index contributed by atoms with van der Waals surface area (Å²) >= 11 is 5.04. The van der Waals surface area contributed by atoms with E-state index in [1.807, 2.05) is 11.9 Å². The molecule has 0 amide bonds. The third kappa shape index (κ3) is 2.50. The first kappa shape index (κ1) is 11.1. The molecule has 0 unspecified atom stereocenters. The summed E-state index contributed by atoms with van der Waals surface area (Å²) in [6.07, 6.45) is 0. The zero-order chi connectivity index (χ0) is 11.3. The van der Waals surface area contributed by atoms with Crippen LogP contribution in [0.1, 0.15) is 5.56 Å². The molecular formula is C11H8N2OS. The van der Waals surface area contributed by atoms with Crippen molar-refractivity contribution in [1.29, 1.82) is 10.7 Å². The second kappa shape index (κ2) is 5.06. The molecular weight excluding hydrogens is 208 g/mol. The van der Waals surface area contributed by atoms with Crippen molar-refractivity contribution in [3.05, 3.63) is 35.4 Å². The Morgan fingerprint density at radius 1 is 1.40 bits per heavy atom. The SMILES string of the molecule is COc1ccc(C(=S)C(=C=N)C#N)cc1. The van der Waals surface area contributed by atoms with Crippen molar-refractivity contribution >= 4 is 23.0 Å². The first-order valence-corrected chi connectivity index (χ1v) is 4.52. The Hall–Kier alpha value is -1.95. The van der Waals surface area contributed by atoms with Gasteiger partial charge < -0.3 is 4.74 Å². The number of methoxy groups -OCH3 is 1. The summed E-state index contributed by atoms with van der Waals surface area (Å²) in [6, 6.07) is 8.82. The lowest BCUT2D eigenvalue weighted by atomic mass is 10.1. The Balaban J connectivity index is 3.04. The predicted octanol–water partition coefficient (Wildman–Crippen LogP) is 2.11. The van der Waals surface area contributed by atoms with Gasteiger partial charge in [0.2, 0.25) is 0 Å². The minimum Gasteiger partial charge on any atom is -0.497 e. The number of hydrogen-bond acceptors (Lipinski definition) is 4. The number of ether oxygens (including phenoxy) is 1. The lowest BCUT2D eigenvalue weighted by Gasteiger charge is -2.02. The second-order valence-electron chi connectivity index (χ2n) is 2.67. The minimum absolute atomic E-state index is 0.0650. The molecule has 0 fully saturated rings. The molecule has 0 atom stereocenters. The summed E-state index contributed by atoms with van der Waals surface area (Å²) in [6.45, 7) is 0. The van der Waals surface area contributed by atoms with E-state index in [2.05, 4.69) is 0 Å². The molecule has 0 aliphatic rings. The largest absolute Gasteiger partial charge is 0.497 e. The van der Waals surface area contributed by atoms with Crippen LogP contribution in [0.15, 0.2) is 29.8 Å². The van der Waals surface area contributed by atoms with Crippen LogP contribution < -0.4 is 4.74 Å². The molecule has 74 valence electrons. The highest BCUT2D eigenvalue weighted by molar-refractivity contribution is 7.81. The van der Waals surface area contributed by atoms with Crippen LogP contribution in [0, 0.1) is 16.7 Å². The van der Waals surface area contributed by atoms with Crippen LogP contribution in [-0.2, 0) is 0 Å². The molecule has 0 aliphatic carbocycles. The Kier molecular flexibility index (Phi) is 3.75. The first-order chi connectivity index (χ1) is 7.22. The average Bonchev–Trinajstić information content (AvgIpc) is 2.30. The maximum absolute atomic E-state index is 8.68. The fourth-order valence-electron chi connectivity index (χ4n) is 1.02. The molecule has 3 nitrogen and oxygen atoms in total. The maximum Gasteiger partial charge on any atom is 0.131 e. The van der Waals surface area contributed by atoms with Gasteiger partial charge in [-0.05, 0) is 35.7 Å². The quantitative estimate of drug-likeness (QED) is 0.277. The van der Waals surface area contributed by atoms with Crippen LogP contribution in [0.25, 0.3) is 0 Å². The van der Waals surface area contributed by atoms with Gasteiger partial charge in [-0.15, -0.1) is 0 Å². The van der Waals surface area contributed by atoms with Crippen LogP contribution in [-0.4, -0.2) is 17.8 Å². The van der Waals surface area contributed by atoms with Gasteiger partial charge in [0.15, 0.2) is 0 Å². The maximum atomic E-state index is 8.68. The monoisotopic (exact) mass is 216 g/mol. The molecule has 1 aromatic rings. The molecule has 0 aromatic heterocycles. The molecule has 0 heterocycles. The number of thiocarbonyl (C=S) groups is 1. The Bertz CT molecular complexity index is 464. The summed E-state index contributed by atoms with van der Waals surface area (Å²) in [5.74, 6) is 2.73. The highest BCUT2D eigenvalue weighted by Crippen LogP contribution is 2.14. The lowest BCUT2D eigenvalue weighted by molar-refractivity contribution is 0.415. The van der Waals surface area contributed by atoms with Crippen molar-refractivity contribution in [3.8, 4) is 11.8 Å². The van der Waals surface area contributed by atoms with Crippen molar-refractivity contribution in [2.45, 2.75) is 0 Å². The Labute approximate surface area is 93.1 Å². The van der Waals surface area contributed by atoms with Crippen molar-refractivity contribution in [2.24, 2.45) is 0 Å². The smallest absolute Gasteiger partial charge is 0.131 e. The van der Waals surface area contributed by atoms with E-state index in [0.29, 0.717) is 10.4 Å². The molecule has 1 aromatic carbocycles. The van der Waals surface area contributed by atoms with Crippen LogP contribution in [0.3, 0.4) is 0 Å². The number of nitrogens with zero attached hydrogens (tertiary/aromatic N) is 1. The molecule has 0 saturated heterocycles. The first-order valence-electron chi connectivity index (χ1n) is 4.11. The molecule has 0 spiro atoms.